The molecule has 0 atom stereocenters. The molecule has 1 heterocycles. The predicted octanol–water partition coefficient (Wildman–Crippen LogP) is 0.678. The molecule has 0 aliphatic carbocycles. The zero-order valence-corrected chi connectivity index (χ0v) is 10.9. The van der Waals surface area contributed by atoms with Crippen LogP contribution in [0.15, 0.2) is 12.4 Å². The quantitative estimate of drug-likeness (QED) is 0.740. The van der Waals surface area contributed by atoms with Crippen molar-refractivity contribution < 1.29 is 9.53 Å². The summed E-state index contributed by atoms with van der Waals surface area (Å²) >= 11 is 0. The highest BCUT2D eigenvalue weighted by molar-refractivity contribution is 5.85. The Kier molecular flexibility index (Phi) is 8.17. The molecule has 1 rings (SSSR count). The summed E-state index contributed by atoms with van der Waals surface area (Å²) in [5.74, 6) is 0.969. The number of nitrogens with zero attached hydrogens (tertiary/aromatic N) is 2. The van der Waals surface area contributed by atoms with E-state index in [-0.39, 0.29) is 18.5 Å². The fraction of sp³-hybridized carbons (Fsp3) is 0.600. The Labute approximate surface area is 107 Å². The van der Waals surface area contributed by atoms with Crippen LogP contribution in [-0.2, 0) is 18.3 Å². The van der Waals surface area contributed by atoms with E-state index in [4.69, 9.17) is 4.74 Å². The molecule has 2 N–H and O–H groups in total. The number of carbonyl (C=O) groups excluding carboxylic acids is 1. The Morgan fingerprint density at radius 2 is 2.29 bits per heavy atom. The standard InChI is InChI=1S/C10H18N4O2.ClH/c1-3-16-10(15)13-5-4-11-8-9-12-6-7-14(9)2;/h6-7,11H,3-5,8H2,1-2H3,(H,13,15);1H. The number of alkyl carbamates (subject to hydrolysis) is 1. The number of rotatable bonds is 6. The third-order valence-electron chi connectivity index (χ3n) is 2.05. The minimum Gasteiger partial charge on any atom is -0.450 e. The maximum absolute atomic E-state index is 10.9. The molecule has 0 aromatic carbocycles. The van der Waals surface area contributed by atoms with Gasteiger partial charge in [0.2, 0.25) is 0 Å². The molecule has 17 heavy (non-hydrogen) atoms. The molecule has 0 spiro atoms. The van der Waals surface area contributed by atoms with E-state index in [0.717, 1.165) is 5.82 Å². The number of halogens is 1. The van der Waals surface area contributed by atoms with E-state index in [1.807, 2.05) is 17.8 Å². The van der Waals surface area contributed by atoms with Gasteiger partial charge in [-0.1, -0.05) is 0 Å². The van der Waals surface area contributed by atoms with E-state index in [1.165, 1.54) is 0 Å². The summed E-state index contributed by atoms with van der Waals surface area (Å²) < 4.78 is 6.67. The Bertz CT molecular complexity index is 330. The van der Waals surface area contributed by atoms with Crippen molar-refractivity contribution in [3.63, 3.8) is 0 Å². The molecule has 1 aromatic heterocycles. The SMILES string of the molecule is CCOC(=O)NCCNCc1nccn1C.Cl. The Balaban J connectivity index is 0.00000256. The van der Waals surface area contributed by atoms with Crippen molar-refractivity contribution in [2.45, 2.75) is 13.5 Å². The fourth-order valence-corrected chi connectivity index (χ4v) is 1.20. The maximum atomic E-state index is 10.9. The lowest BCUT2D eigenvalue weighted by atomic mass is 10.5. The molecule has 0 bridgehead atoms. The highest BCUT2D eigenvalue weighted by atomic mass is 35.5. The first-order valence-corrected chi connectivity index (χ1v) is 5.31. The van der Waals surface area contributed by atoms with Gasteiger partial charge < -0.3 is 19.9 Å². The van der Waals surface area contributed by atoms with Gasteiger partial charge in [-0.2, -0.15) is 0 Å². The molecule has 0 aliphatic heterocycles. The lowest BCUT2D eigenvalue weighted by Crippen LogP contribution is -2.32. The van der Waals surface area contributed by atoms with Crippen LogP contribution in [0, 0.1) is 0 Å². The molecule has 6 nitrogen and oxygen atoms in total. The van der Waals surface area contributed by atoms with Gasteiger partial charge >= 0.3 is 6.09 Å². The maximum Gasteiger partial charge on any atom is 0.407 e. The van der Waals surface area contributed by atoms with Crippen molar-refractivity contribution in [1.29, 1.82) is 0 Å². The molecule has 7 heteroatoms. The van der Waals surface area contributed by atoms with E-state index < -0.39 is 0 Å². The van der Waals surface area contributed by atoms with E-state index in [2.05, 4.69) is 15.6 Å². The van der Waals surface area contributed by atoms with Crippen LogP contribution in [0.2, 0.25) is 0 Å². The van der Waals surface area contributed by atoms with Crippen molar-refractivity contribution in [3.05, 3.63) is 18.2 Å². The van der Waals surface area contributed by atoms with Gasteiger partial charge in [-0.25, -0.2) is 9.78 Å². The van der Waals surface area contributed by atoms with Crippen molar-refractivity contribution >= 4 is 18.5 Å². The van der Waals surface area contributed by atoms with Crippen LogP contribution in [0.1, 0.15) is 12.7 Å². The van der Waals surface area contributed by atoms with E-state index >= 15 is 0 Å². The molecule has 0 saturated carbocycles. The summed E-state index contributed by atoms with van der Waals surface area (Å²) in [6.07, 6.45) is 3.28. The van der Waals surface area contributed by atoms with Crippen LogP contribution in [0.4, 0.5) is 4.79 Å². The van der Waals surface area contributed by atoms with Gasteiger partial charge in [0.15, 0.2) is 0 Å². The highest BCUT2D eigenvalue weighted by Crippen LogP contribution is 1.91. The predicted molar refractivity (Wildman–Crippen MR) is 67.2 cm³/mol. The molecule has 0 fully saturated rings. The summed E-state index contributed by atoms with van der Waals surface area (Å²) in [4.78, 5) is 15.1. The summed E-state index contributed by atoms with van der Waals surface area (Å²) in [5.41, 5.74) is 0. The van der Waals surface area contributed by atoms with Crippen LogP contribution in [-0.4, -0.2) is 35.3 Å². The second-order valence-corrected chi connectivity index (χ2v) is 3.28. The lowest BCUT2D eigenvalue weighted by Gasteiger charge is -2.06. The van der Waals surface area contributed by atoms with E-state index in [9.17, 15) is 4.79 Å². The van der Waals surface area contributed by atoms with E-state index in [1.54, 1.807) is 13.1 Å². The van der Waals surface area contributed by atoms with Gasteiger partial charge in [-0.3, -0.25) is 0 Å². The summed E-state index contributed by atoms with van der Waals surface area (Å²) in [5, 5.41) is 5.80. The summed E-state index contributed by atoms with van der Waals surface area (Å²) in [7, 11) is 1.95. The largest absolute Gasteiger partial charge is 0.450 e. The molecular formula is C10H19ClN4O2. The normalized spacial score (nSPS) is 9.53. The second kappa shape index (κ2) is 8.83. The number of ether oxygens (including phenoxy) is 1. The number of nitrogens with one attached hydrogen (secondary N) is 2. The molecule has 1 amide bonds. The minimum absolute atomic E-state index is 0. The number of aromatic nitrogens is 2. The van der Waals surface area contributed by atoms with Crippen LogP contribution >= 0.6 is 12.4 Å². The Morgan fingerprint density at radius 1 is 1.53 bits per heavy atom. The number of hydrogen-bond donors (Lipinski definition) is 2. The van der Waals surface area contributed by atoms with Gasteiger partial charge in [0.25, 0.3) is 0 Å². The topological polar surface area (TPSA) is 68.2 Å². The highest BCUT2D eigenvalue weighted by Gasteiger charge is 1.99. The summed E-state index contributed by atoms with van der Waals surface area (Å²) in [6, 6.07) is 0. The van der Waals surface area contributed by atoms with Gasteiger partial charge in [0, 0.05) is 32.5 Å². The van der Waals surface area contributed by atoms with Gasteiger partial charge in [0.05, 0.1) is 13.2 Å². The number of amides is 1. The van der Waals surface area contributed by atoms with Gasteiger partial charge in [0.1, 0.15) is 5.82 Å². The third kappa shape index (κ3) is 6.13. The average Bonchev–Trinajstić information content (AvgIpc) is 2.64. The Hall–Kier alpha value is -1.27. The third-order valence-corrected chi connectivity index (χ3v) is 2.05. The second-order valence-electron chi connectivity index (χ2n) is 3.28. The number of imidazole rings is 1. The monoisotopic (exact) mass is 262 g/mol. The molecule has 0 aliphatic rings. The van der Waals surface area contributed by atoms with Gasteiger partial charge in [-0.05, 0) is 6.92 Å². The van der Waals surface area contributed by atoms with Crippen molar-refractivity contribution in [1.82, 2.24) is 20.2 Å². The van der Waals surface area contributed by atoms with Crippen molar-refractivity contribution in [2.24, 2.45) is 7.05 Å². The molecule has 1 aromatic rings. The number of aryl methyl sites for hydroxylation is 1. The lowest BCUT2D eigenvalue weighted by molar-refractivity contribution is 0.152. The van der Waals surface area contributed by atoms with Crippen LogP contribution in [0.3, 0.4) is 0 Å². The first-order chi connectivity index (χ1) is 7.74. The van der Waals surface area contributed by atoms with Gasteiger partial charge in [-0.15, -0.1) is 12.4 Å². The molecule has 0 radical (unpaired) electrons. The first kappa shape index (κ1) is 15.7. The minimum atomic E-state index is -0.374. The molecule has 98 valence electrons. The smallest absolute Gasteiger partial charge is 0.407 e. The van der Waals surface area contributed by atoms with E-state index in [0.29, 0.717) is 26.2 Å². The van der Waals surface area contributed by atoms with Crippen LogP contribution in [0.25, 0.3) is 0 Å². The van der Waals surface area contributed by atoms with Crippen LogP contribution in [0.5, 0.6) is 0 Å². The fourth-order valence-electron chi connectivity index (χ4n) is 1.20. The zero-order valence-electron chi connectivity index (χ0n) is 10.1. The zero-order chi connectivity index (χ0) is 11.8. The molecule has 0 saturated heterocycles. The molecule has 0 unspecified atom stereocenters. The van der Waals surface area contributed by atoms with Crippen molar-refractivity contribution in [3.8, 4) is 0 Å². The van der Waals surface area contributed by atoms with Crippen LogP contribution < -0.4 is 10.6 Å². The first-order valence-electron chi connectivity index (χ1n) is 5.31. The number of carbonyl (C=O) groups is 1. The molecular weight excluding hydrogens is 244 g/mol. The number of hydrogen-bond acceptors (Lipinski definition) is 4. The Morgan fingerprint density at radius 3 is 2.88 bits per heavy atom. The summed E-state index contributed by atoms with van der Waals surface area (Å²) in [6.45, 7) is 4.09. The average molecular weight is 263 g/mol. The van der Waals surface area contributed by atoms with Crippen molar-refractivity contribution in [2.75, 3.05) is 19.7 Å².